The SMILES string of the molecule is Cc1nc(CCc2cnn(Cc3ccc(F)cc3)c2)nc2c1N(C)C(=O)C1CCCN21. The van der Waals surface area contributed by atoms with Crippen LogP contribution in [0, 0.1) is 12.7 Å². The van der Waals surface area contributed by atoms with Gasteiger partial charge >= 0.3 is 0 Å². The first-order chi connectivity index (χ1) is 15.0. The van der Waals surface area contributed by atoms with Gasteiger partial charge in [0, 0.05) is 26.2 Å². The van der Waals surface area contributed by atoms with E-state index in [-0.39, 0.29) is 17.8 Å². The van der Waals surface area contributed by atoms with Crippen LogP contribution >= 0.6 is 0 Å². The van der Waals surface area contributed by atoms with Crippen molar-refractivity contribution in [1.29, 1.82) is 0 Å². The number of benzene rings is 1. The van der Waals surface area contributed by atoms with Crippen molar-refractivity contribution in [3.63, 3.8) is 0 Å². The number of carbonyl (C=O) groups excluding carboxylic acids is 1. The van der Waals surface area contributed by atoms with Gasteiger partial charge in [-0.1, -0.05) is 12.1 Å². The molecule has 4 heterocycles. The molecular weight excluding hydrogens is 395 g/mol. The number of halogens is 1. The quantitative estimate of drug-likeness (QED) is 0.635. The molecule has 1 amide bonds. The molecule has 0 saturated carbocycles. The Labute approximate surface area is 180 Å². The number of rotatable bonds is 5. The molecule has 5 rings (SSSR count). The number of hydrogen-bond donors (Lipinski definition) is 0. The minimum atomic E-state index is -0.235. The number of fused-ring (bicyclic) bond motifs is 3. The Morgan fingerprint density at radius 3 is 2.74 bits per heavy atom. The van der Waals surface area contributed by atoms with Gasteiger partial charge in [0.2, 0.25) is 5.91 Å². The lowest BCUT2D eigenvalue weighted by atomic mass is 10.1. The van der Waals surface area contributed by atoms with E-state index in [4.69, 9.17) is 4.98 Å². The summed E-state index contributed by atoms with van der Waals surface area (Å²) in [6.45, 7) is 3.42. The molecule has 0 radical (unpaired) electrons. The van der Waals surface area contributed by atoms with E-state index in [9.17, 15) is 9.18 Å². The molecule has 8 heteroatoms. The number of hydrogen-bond acceptors (Lipinski definition) is 5. The highest BCUT2D eigenvalue weighted by atomic mass is 19.1. The summed E-state index contributed by atoms with van der Waals surface area (Å²) in [6.07, 6.45) is 7.24. The summed E-state index contributed by atoms with van der Waals surface area (Å²) in [5.41, 5.74) is 3.78. The van der Waals surface area contributed by atoms with Gasteiger partial charge < -0.3 is 9.80 Å². The third-order valence-electron chi connectivity index (χ3n) is 6.14. The minimum absolute atomic E-state index is 0.0932. The van der Waals surface area contributed by atoms with Crippen LogP contribution in [-0.2, 0) is 24.2 Å². The zero-order valence-corrected chi connectivity index (χ0v) is 17.8. The fourth-order valence-corrected chi connectivity index (χ4v) is 4.58. The van der Waals surface area contributed by atoms with Crippen LogP contribution in [0.5, 0.6) is 0 Å². The van der Waals surface area contributed by atoms with Gasteiger partial charge in [-0.3, -0.25) is 9.48 Å². The van der Waals surface area contributed by atoms with E-state index < -0.39 is 0 Å². The maximum absolute atomic E-state index is 13.1. The normalized spacial score (nSPS) is 17.8. The van der Waals surface area contributed by atoms with E-state index in [2.05, 4.69) is 15.0 Å². The Bertz CT molecular complexity index is 1130. The van der Waals surface area contributed by atoms with E-state index in [0.717, 1.165) is 60.0 Å². The van der Waals surface area contributed by atoms with Gasteiger partial charge in [0.05, 0.1) is 18.4 Å². The average molecular weight is 420 g/mol. The molecule has 1 atom stereocenters. The summed E-state index contributed by atoms with van der Waals surface area (Å²) in [5, 5.41) is 4.43. The smallest absolute Gasteiger partial charge is 0.249 e. The second-order valence-corrected chi connectivity index (χ2v) is 8.32. The van der Waals surface area contributed by atoms with E-state index in [0.29, 0.717) is 13.0 Å². The number of amides is 1. The van der Waals surface area contributed by atoms with Gasteiger partial charge in [0.15, 0.2) is 5.82 Å². The topological polar surface area (TPSA) is 67.2 Å². The fourth-order valence-electron chi connectivity index (χ4n) is 4.58. The van der Waals surface area contributed by atoms with Gasteiger partial charge in [-0.2, -0.15) is 5.10 Å². The van der Waals surface area contributed by atoms with Gasteiger partial charge in [-0.25, -0.2) is 14.4 Å². The Balaban J connectivity index is 1.31. The molecule has 160 valence electrons. The third kappa shape index (κ3) is 3.66. The van der Waals surface area contributed by atoms with Crippen LogP contribution in [0.15, 0.2) is 36.7 Å². The molecule has 1 aromatic carbocycles. The summed E-state index contributed by atoms with van der Waals surface area (Å²) in [7, 11) is 1.82. The van der Waals surface area contributed by atoms with Crippen LogP contribution < -0.4 is 9.80 Å². The second kappa shape index (κ2) is 7.76. The highest BCUT2D eigenvalue weighted by Crippen LogP contribution is 2.39. The summed E-state index contributed by atoms with van der Waals surface area (Å²) >= 11 is 0. The molecule has 1 saturated heterocycles. The van der Waals surface area contributed by atoms with Gasteiger partial charge in [-0.05, 0) is 49.4 Å². The first-order valence-electron chi connectivity index (χ1n) is 10.7. The van der Waals surface area contributed by atoms with Gasteiger partial charge in [0.1, 0.15) is 23.4 Å². The lowest BCUT2D eigenvalue weighted by molar-refractivity contribution is -0.119. The highest BCUT2D eigenvalue weighted by molar-refractivity contribution is 6.05. The maximum atomic E-state index is 13.1. The Hall–Kier alpha value is -3.29. The van der Waals surface area contributed by atoms with Crippen molar-refractivity contribution in [2.45, 2.75) is 45.2 Å². The predicted octanol–water partition coefficient (Wildman–Crippen LogP) is 2.90. The van der Waals surface area contributed by atoms with Crippen molar-refractivity contribution < 1.29 is 9.18 Å². The monoisotopic (exact) mass is 420 g/mol. The van der Waals surface area contributed by atoms with Crippen LogP contribution in [-0.4, -0.2) is 45.3 Å². The molecule has 2 aromatic heterocycles. The Morgan fingerprint density at radius 1 is 1.13 bits per heavy atom. The van der Waals surface area contributed by atoms with E-state index in [1.54, 1.807) is 17.0 Å². The first kappa shape index (κ1) is 19.7. The van der Waals surface area contributed by atoms with Crippen LogP contribution in [0.4, 0.5) is 15.9 Å². The zero-order chi connectivity index (χ0) is 21.5. The Morgan fingerprint density at radius 2 is 1.94 bits per heavy atom. The molecule has 0 bridgehead atoms. The van der Waals surface area contributed by atoms with Crippen LogP contribution in [0.25, 0.3) is 0 Å². The van der Waals surface area contributed by atoms with Crippen molar-refractivity contribution in [3.8, 4) is 0 Å². The van der Waals surface area contributed by atoms with Crippen LogP contribution in [0.1, 0.15) is 35.5 Å². The molecule has 7 nitrogen and oxygen atoms in total. The van der Waals surface area contributed by atoms with Gasteiger partial charge in [0.25, 0.3) is 0 Å². The lowest BCUT2D eigenvalue weighted by Crippen LogP contribution is -2.50. The van der Waals surface area contributed by atoms with Crippen molar-refractivity contribution in [2.24, 2.45) is 0 Å². The summed E-state index contributed by atoms with van der Waals surface area (Å²) in [4.78, 5) is 26.1. The van der Waals surface area contributed by atoms with Gasteiger partial charge in [-0.15, -0.1) is 0 Å². The second-order valence-electron chi connectivity index (χ2n) is 8.32. The number of aryl methyl sites for hydroxylation is 3. The van der Waals surface area contributed by atoms with Crippen LogP contribution in [0.2, 0.25) is 0 Å². The standard InChI is InChI=1S/C23H25FN6O/c1-15-21-22(30-11-3-4-19(30)23(31)28(21)2)27-20(26-15)10-7-17-12-25-29(14-17)13-16-5-8-18(24)9-6-16/h5-6,8-9,12,14,19H,3-4,7,10-11,13H2,1-2H3. The lowest BCUT2D eigenvalue weighted by Gasteiger charge is -2.37. The fraction of sp³-hybridized carbons (Fsp3) is 0.391. The summed E-state index contributed by atoms with van der Waals surface area (Å²) in [6, 6.07) is 6.38. The molecule has 1 unspecified atom stereocenters. The van der Waals surface area contributed by atoms with Crippen molar-refractivity contribution >= 4 is 17.4 Å². The predicted molar refractivity (Wildman–Crippen MR) is 116 cm³/mol. The molecule has 3 aromatic rings. The third-order valence-corrected chi connectivity index (χ3v) is 6.14. The van der Waals surface area contributed by atoms with E-state index >= 15 is 0 Å². The van der Waals surface area contributed by atoms with Crippen molar-refractivity contribution in [3.05, 3.63) is 65.1 Å². The first-order valence-corrected chi connectivity index (χ1v) is 10.7. The highest BCUT2D eigenvalue weighted by Gasteiger charge is 2.41. The zero-order valence-electron chi connectivity index (χ0n) is 17.8. The summed E-state index contributed by atoms with van der Waals surface area (Å²) < 4.78 is 14.9. The van der Waals surface area contributed by atoms with Crippen LogP contribution in [0.3, 0.4) is 0 Å². The molecule has 2 aliphatic heterocycles. The number of nitrogens with zero attached hydrogens (tertiary/aromatic N) is 6. The number of anilines is 2. The molecule has 31 heavy (non-hydrogen) atoms. The van der Waals surface area contributed by atoms with Crippen molar-refractivity contribution in [1.82, 2.24) is 19.7 Å². The Kier molecular flexibility index (Phi) is 4.92. The minimum Gasteiger partial charge on any atom is -0.343 e. The molecular formula is C23H25FN6O. The number of carbonyl (C=O) groups is 1. The van der Waals surface area contributed by atoms with E-state index in [1.807, 2.05) is 31.0 Å². The summed E-state index contributed by atoms with van der Waals surface area (Å²) in [5.74, 6) is 1.58. The largest absolute Gasteiger partial charge is 0.343 e. The molecule has 0 spiro atoms. The molecule has 2 aliphatic rings. The van der Waals surface area contributed by atoms with E-state index in [1.165, 1.54) is 12.1 Å². The molecule has 1 fully saturated rings. The molecule has 0 aliphatic carbocycles. The maximum Gasteiger partial charge on any atom is 0.249 e. The number of likely N-dealkylation sites (N-methyl/N-ethyl adjacent to an activating group) is 1. The molecule has 0 N–H and O–H groups in total. The average Bonchev–Trinajstić information content (AvgIpc) is 3.42. The number of aromatic nitrogens is 4. The van der Waals surface area contributed by atoms with Crippen molar-refractivity contribution in [2.75, 3.05) is 23.4 Å².